The first-order chi connectivity index (χ1) is 14.3. The van der Waals surface area contributed by atoms with E-state index in [0.29, 0.717) is 19.0 Å². The van der Waals surface area contributed by atoms with Crippen LogP contribution in [0.25, 0.3) is 11.3 Å². The minimum Gasteiger partial charge on any atom is -0.342 e. The quantitative estimate of drug-likeness (QED) is 0.605. The number of hydrogen-bond donors (Lipinski definition) is 0. The SMILES string of the molecule is CCN(c1ccccc1)c1cc(-c2ccccc2)nc(N2CCN(C=O)CC2)n1. The second-order valence-electron chi connectivity index (χ2n) is 6.99. The van der Waals surface area contributed by atoms with Crippen LogP contribution in [0.3, 0.4) is 0 Å². The van der Waals surface area contributed by atoms with Crippen molar-refractivity contribution in [3.8, 4) is 11.3 Å². The maximum absolute atomic E-state index is 11.1. The Bertz CT molecular complexity index is 940. The minimum atomic E-state index is 0.688. The number of aromatic nitrogens is 2. The molecule has 2 aromatic carbocycles. The van der Waals surface area contributed by atoms with Crippen LogP contribution in [0.2, 0.25) is 0 Å². The normalized spacial score (nSPS) is 14.0. The van der Waals surface area contributed by atoms with Crippen LogP contribution in [0.4, 0.5) is 17.5 Å². The average Bonchev–Trinajstić information content (AvgIpc) is 2.81. The highest BCUT2D eigenvalue weighted by Gasteiger charge is 2.21. The molecule has 0 atom stereocenters. The van der Waals surface area contributed by atoms with Gasteiger partial charge < -0.3 is 14.7 Å². The molecule has 1 amide bonds. The van der Waals surface area contributed by atoms with Crippen LogP contribution < -0.4 is 9.80 Å². The molecule has 1 aliphatic rings. The van der Waals surface area contributed by atoms with Gasteiger partial charge in [0.15, 0.2) is 0 Å². The number of benzene rings is 2. The zero-order chi connectivity index (χ0) is 20.1. The van der Waals surface area contributed by atoms with Crippen molar-refractivity contribution in [1.82, 2.24) is 14.9 Å². The molecule has 0 bridgehead atoms. The number of piperazine rings is 1. The van der Waals surface area contributed by atoms with E-state index in [2.05, 4.69) is 47.1 Å². The second-order valence-corrected chi connectivity index (χ2v) is 6.99. The van der Waals surface area contributed by atoms with E-state index in [1.54, 1.807) is 4.90 Å². The Morgan fingerprint density at radius 3 is 2.21 bits per heavy atom. The molecular formula is C23H25N5O. The zero-order valence-corrected chi connectivity index (χ0v) is 16.6. The van der Waals surface area contributed by atoms with Crippen molar-refractivity contribution in [3.05, 3.63) is 66.7 Å². The Morgan fingerprint density at radius 1 is 0.931 bits per heavy atom. The van der Waals surface area contributed by atoms with Gasteiger partial charge in [-0.2, -0.15) is 4.98 Å². The predicted molar refractivity (Wildman–Crippen MR) is 116 cm³/mol. The standard InChI is InChI=1S/C23H25N5O/c1-2-28(20-11-7-4-8-12-20)22-17-21(19-9-5-3-6-10-19)24-23(25-22)27-15-13-26(18-29)14-16-27/h3-12,17-18H,2,13-16H2,1H3. The van der Waals surface area contributed by atoms with Crippen molar-refractivity contribution < 1.29 is 4.79 Å². The summed E-state index contributed by atoms with van der Waals surface area (Å²) in [5, 5.41) is 0. The van der Waals surface area contributed by atoms with Gasteiger partial charge in [-0.3, -0.25) is 4.79 Å². The number of para-hydroxylation sites is 1. The van der Waals surface area contributed by atoms with Crippen LogP contribution in [-0.2, 0) is 4.79 Å². The predicted octanol–water partition coefficient (Wildman–Crippen LogP) is 3.58. The number of carbonyl (C=O) groups excluding carboxylic acids is 1. The van der Waals surface area contributed by atoms with Crippen molar-refractivity contribution in [1.29, 1.82) is 0 Å². The molecule has 6 nitrogen and oxygen atoms in total. The molecule has 0 spiro atoms. The van der Waals surface area contributed by atoms with Gasteiger partial charge in [-0.15, -0.1) is 0 Å². The summed E-state index contributed by atoms with van der Waals surface area (Å²) in [4.78, 5) is 27.0. The zero-order valence-electron chi connectivity index (χ0n) is 16.6. The fraction of sp³-hybridized carbons (Fsp3) is 0.261. The lowest BCUT2D eigenvalue weighted by molar-refractivity contribution is -0.118. The topological polar surface area (TPSA) is 52.6 Å². The van der Waals surface area contributed by atoms with E-state index in [4.69, 9.17) is 9.97 Å². The van der Waals surface area contributed by atoms with E-state index < -0.39 is 0 Å². The molecule has 2 heterocycles. The molecule has 0 unspecified atom stereocenters. The van der Waals surface area contributed by atoms with Crippen molar-refractivity contribution >= 4 is 23.9 Å². The maximum atomic E-state index is 11.1. The molecule has 4 rings (SSSR count). The molecular weight excluding hydrogens is 362 g/mol. The summed E-state index contributed by atoms with van der Waals surface area (Å²) in [5.41, 5.74) is 3.07. The second kappa shape index (κ2) is 8.73. The molecule has 1 fully saturated rings. The van der Waals surface area contributed by atoms with Gasteiger partial charge in [-0.05, 0) is 19.1 Å². The molecule has 3 aromatic rings. The molecule has 1 saturated heterocycles. The number of nitrogens with zero attached hydrogens (tertiary/aromatic N) is 5. The molecule has 0 radical (unpaired) electrons. The van der Waals surface area contributed by atoms with Crippen molar-refractivity contribution in [2.24, 2.45) is 0 Å². The van der Waals surface area contributed by atoms with E-state index in [9.17, 15) is 4.79 Å². The molecule has 0 N–H and O–H groups in total. The van der Waals surface area contributed by atoms with Crippen LogP contribution >= 0.6 is 0 Å². The summed E-state index contributed by atoms with van der Waals surface area (Å²) in [6.45, 7) is 5.76. The summed E-state index contributed by atoms with van der Waals surface area (Å²) in [6.07, 6.45) is 0.915. The summed E-state index contributed by atoms with van der Waals surface area (Å²) >= 11 is 0. The number of rotatable bonds is 6. The summed E-state index contributed by atoms with van der Waals surface area (Å²) < 4.78 is 0. The van der Waals surface area contributed by atoms with Gasteiger partial charge in [0.1, 0.15) is 5.82 Å². The molecule has 6 heteroatoms. The van der Waals surface area contributed by atoms with Crippen LogP contribution in [-0.4, -0.2) is 54.0 Å². The highest BCUT2D eigenvalue weighted by atomic mass is 16.1. The van der Waals surface area contributed by atoms with Crippen molar-refractivity contribution in [2.45, 2.75) is 6.92 Å². The Labute approximate surface area is 171 Å². The lowest BCUT2D eigenvalue weighted by Crippen LogP contribution is -2.46. The van der Waals surface area contributed by atoms with Crippen LogP contribution in [0.1, 0.15) is 6.92 Å². The highest BCUT2D eigenvalue weighted by Crippen LogP contribution is 2.29. The fourth-order valence-corrected chi connectivity index (χ4v) is 3.57. The van der Waals surface area contributed by atoms with E-state index in [1.165, 1.54) is 0 Å². The largest absolute Gasteiger partial charge is 0.342 e. The van der Waals surface area contributed by atoms with Gasteiger partial charge >= 0.3 is 0 Å². The lowest BCUT2D eigenvalue weighted by atomic mass is 10.1. The summed E-state index contributed by atoms with van der Waals surface area (Å²) in [7, 11) is 0. The third kappa shape index (κ3) is 4.21. The van der Waals surface area contributed by atoms with E-state index in [0.717, 1.165) is 48.8 Å². The van der Waals surface area contributed by atoms with Crippen LogP contribution in [0.15, 0.2) is 66.7 Å². The van der Waals surface area contributed by atoms with Gasteiger partial charge in [0.05, 0.1) is 5.69 Å². The smallest absolute Gasteiger partial charge is 0.228 e. The third-order valence-corrected chi connectivity index (χ3v) is 5.18. The molecule has 29 heavy (non-hydrogen) atoms. The Hall–Kier alpha value is -3.41. The summed E-state index contributed by atoms with van der Waals surface area (Å²) in [6, 6.07) is 22.5. The van der Waals surface area contributed by atoms with E-state index in [-0.39, 0.29) is 0 Å². The minimum absolute atomic E-state index is 0.688. The third-order valence-electron chi connectivity index (χ3n) is 5.18. The van der Waals surface area contributed by atoms with Gasteiger partial charge in [0.25, 0.3) is 0 Å². The van der Waals surface area contributed by atoms with Gasteiger partial charge in [0.2, 0.25) is 12.4 Å². The molecule has 0 saturated carbocycles. The van der Waals surface area contributed by atoms with Crippen LogP contribution in [0.5, 0.6) is 0 Å². The number of hydrogen-bond acceptors (Lipinski definition) is 5. The first-order valence-electron chi connectivity index (χ1n) is 10.00. The molecule has 148 valence electrons. The molecule has 0 aliphatic carbocycles. The first-order valence-corrected chi connectivity index (χ1v) is 10.00. The number of amides is 1. The highest BCUT2D eigenvalue weighted by molar-refractivity contribution is 5.69. The van der Waals surface area contributed by atoms with Gasteiger partial charge in [-0.1, -0.05) is 48.5 Å². The monoisotopic (exact) mass is 387 g/mol. The number of carbonyl (C=O) groups is 1. The van der Waals surface area contributed by atoms with Crippen LogP contribution in [0, 0.1) is 0 Å². The number of anilines is 3. The van der Waals surface area contributed by atoms with Crippen molar-refractivity contribution in [3.63, 3.8) is 0 Å². The van der Waals surface area contributed by atoms with Crippen molar-refractivity contribution in [2.75, 3.05) is 42.5 Å². The summed E-state index contributed by atoms with van der Waals surface area (Å²) in [5.74, 6) is 1.58. The van der Waals surface area contributed by atoms with E-state index >= 15 is 0 Å². The first kappa shape index (κ1) is 18.9. The Kier molecular flexibility index (Phi) is 5.70. The molecule has 1 aromatic heterocycles. The fourth-order valence-electron chi connectivity index (χ4n) is 3.57. The maximum Gasteiger partial charge on any atom is 0.228 e. The molecule has 1 aliphatic heterocycles. The van der Waals surface area contributed by atoms with Gasteiger partial charge in [-0.25, -0.2) is 4.98 Å². The van der Waals surface area contributed by atoms with Gasteiger partial charge in [0, 0.05) is 50.0 Å². The lowest BCUT2D eigenvalue weighted by Gasteiger charge is -2.33. The average molecular weight is 387 g/mol. The Balaban J connectivity index is 1.75. The van der Waals surface area contributed by atoms with E-state index in [1.807, 2.05) is 36.4 Å². The Morgan fingerprint density at radius 2 is 1.59 bits per heavy atom.